The third-order valence-electron chi connectivity index (χ3n) is 6.30. The van der Waals surface area contributed by atoms with Crippen LogP contribution in [0.1, 0.15) is 131 Å². The van der Waals surface area contributed by atoms with Crippen molar-refractivity contribution in [2.75, 3.05) is 26.4 Å². The Morgan fingerprint density at radius 2 is 0.833 bits per heavy atom. The van der Waals surface area contributed by atoms with Gasteiger partial charge in [-0.05, 0) is 53.4 Å². The number of unbranched alkanes of at least 4 members (excludes halogenated alkanes) is 8. The van der Waals surface area contributed by atoms with Gasteiger partial charge in [-0.2, -0.15) is 0 Å². The highest BCUT2D eigenvalue weighted by atomic mass is 16.5. The van der Waals surface area contributed by atoms with Crippen LogP contribution in [0.15, 0.2) is 24.3 Å². The summed E-state index contributed by atoms with van der Waals surface area (Å²) in [7, 11) is 0. The number of hydrogen-bond donors (Lipinski definition) is 2. The molecule has 0 aromatic heterocycles. The van der Waals surface area contributed by atoms with Crippen molar-refractivity contribution in [3.8, 4) is 0 Å². The minimum absolute atomic E-state index is 0.0537. The molecule has 0 heterocycles. The molecule has 2 atom stereocenters. The van der Waals surface area contributed by atoms with Gasteiger partial charge >= 0.3 is 35.8 Å². The molecule has 0 aliphatic heterocycles. The molecule has 0 aromatic carbocycles. The summed E-state index contributed by atoms with van der Waals surface area (Å²) in [4.78, 5) is 65.8. The van der Waals surface area contributed by atoms with Crippen LogP contribution in [0, 0.1) is 11.8 Å². The van der Waals surface area contributed by atoms with Crippen LogP contribution in [0.5, 0.6) is 0 Å². The van der Waals surface area contributed by atoms with Gasteiger partial charge in [-0.1, -0.05) is 76.7 Å². The van der Waals surface area contributed by atoms with Gasteiger partial charge in [0.05, 0.1) is 63.9 Å². The van der Waals surface area contributed by atoms with Crippen molar-refractivity contribution >= 4 is 35.8 Å². The molecule has 0 saturated heterocycles. The second kappa shape index (κ2) is 36.1. The van der Waals surface area contributed by atoms with Gasteiger partial charge in [-0.3, -0.25) is 28.8 Å². The fourth-order valence-electron chi connectivity index (χ4n) is 3.87. The number of carboxylic acid groups (broad SMARTS) is 2. The molecule has 0 saturated carbocycles. The molecule has 0 aliphatic rings. The van der Waals surface area contributed by atoms with Crippen LogP contribution in [0.2, 0.25) is 0 Å². The average molecular weight is 687 g/mol. The van der Waals surface area contributed by atoms with Crippen molar-refractivity contribution in [2.45, 2.75) is 131 Å². The maximum atomic E-state index is 11.8. The van der Waals surface area contributed by atoms with E-state index in [0.717, 1.165) is 25.7 Å². The molecular formula is C36H62O12. The standard InChI is InChI=1S/2C16H28O4.C4H6O4/c2*1-4-7-8-9-10-11-12-14(16(18)20-6-3)13-15(17)19-5-2;5-3(6)1-2-4(7)8/h2*11-12,14H,4-10,13H2,1-3H3;1-2H2,(H,5,6)(H,7,8). The van der Waals surface area contributed by atoms with E-state index >= 15 is 0 Å². The van der Waals surface area contributed by atoms with Crippen molar-refractivity contribution in [1.82, 2.24) is 0 Å². The van der Waals surface area contributed by atoms with Crippen molar-refractivity contribution < 1.29 is 57.9 Å². The maximum Gasteiger partial charge on any atom is 0.313 e. The SMILES string of the molecule is CCCCCCC=CC(CC(=O)OCC)C(=O)OCC.CCCCCCC=CC(CC(=O)OCC)C(=O)OCC.O=C(O)CCC(=O)O. The van der Waals surface area contributed by atoms with E-state index < -0.39 is 23.8 Å². The molecule has 0 rings (SSSR count). The molecule has 0 spiro atoms. The number of esters is 4. The highest BCUT2D eigenvalue weighted by Crippen LogP contribution is 2.13. The summed E-state index contributed by atoms with van der Waals surface area (Å²) >= 11 is 0. The first kappa shape index (κ1) is 48.7. The van der Waals surface area contributed by atoms with Crippen LogP contribution >= 0.6 is 0 Å². The number of allylic oxidation sites excluding steroid dienone is 2. The van der Waals surface area contributed by atoms with E-state index in [2.05, 4.69) is 13.8 Å². The van der Waals surface area contributed by atoms with Gasteiger partial charge in [-0.25, -0.2) is 0 Å². The Kier molecular flexibility index (Phi) is 36.7. The Balaban J connectivity index is -0.000000689. The molecule has 12 heteroatoms. The third-order valence-corrected chi connectivity index (χ3v) is 6.30. The summed E-state index contributed by atoms with van der Waals surface area (Å²) in [5.74, 6) is -4.64. The number of aliphatic carboxylic acids is 2. The lowest BCUT2D eigenvalue weighted by atomic mass is 10.0. The molecule has 0 fully saturated rings. The molecule has 2 unspecified atom stereocenters. The van der Waals surface area contributed by atoms with E-state index in [9.17, 15) is 28.8 Å². The van der Waals surface area contributed by atoms with Crippen molar-refractivity contribution in [3.05, 3.63) is 24.3 Å². The molecule has 0 bridgehead atoms. The van der Waals surface area contributed by atoms with Crippen LogP contribution in [-0.4, -0.2) is 72.5 Å². The van der Waals surface area contributed by atoms with E-state index in [4.69, 9.17) is 29.2 Å². The fraction of sp³-hybridized carbons (Fsp3) is 0.722. The second-order valence-electron chi connectivity index (χ2n) is 10.6. The van der Waals surface area contributed by atoms with E-state index in [1.165, 1.54) is 38.5 Å². The normalized spacial score (nSPS) is 11.7. The lowest BCUT2D eigenvalue weighted by Gasteiger charge is -2.11. The number of carbonyl (C=O) groups is 6. The van der Waals surface area contributed by atoms with Crippen LogP contribution < -0.4 is 0 Å². The predicted octanol–water partition coefficient (Wildman–Crippen LogP) is 7.23. The largest absolute Gasteiger partial charge is 0.481 e. The Hall–Kier alpha value is -3.70. The molecule has 2 N–H and O–H groups in total. The third kappa shape index (κ3) is 35.2. The molecule has 0 radical (unpaired) electrons. The van der Waals surface area contributed by atoms with E-state index in [0.29, 0.717) is 26.4 Å². The zero-order chi connectivity index (χ0) is 37.0. The minimum atomic E-state index is -1.08. The fourth-order valence-corrected chi connectivity index (χ4v) is 3.87. The summed E-state index contributed by atoms with van der Waals surface area (Å²) in [5, 5.41) is 15.8. The molecule has 0 aromatic rings. The maximum absolute atomic E-state index is 11.8. The topological polar surface area (TPSA) is 180 Å². The van der Waals surface area contributed by atoms with Crippen molar-refractivity contribution in [1.29, 1.82) is 0 Å². The zero-order valence-corrected chi connectivity index (χ0v) is 30.2. The number of carbonyl (C=O) groups excluding carboxylic acids is 4. The number of carboxylic acids is 2. The van der Waals surface area contributed by atoms with Gasteiger partial charge in [0, 0.05) is 0 Å². The van der Waals surface area contributed by atoms with Crippen LogP contribution in [-0.2, 0) is 47.7 Å². The summed E-state index contributed by atoms with van der Waals surface area (Å²) < 4.78 is 19.7. The Labute approximate surface area is 287 Å². The average Bonchev–Trinajstić information content (AvgIpc) is 3.03. The van der Waals surface area contributed by atoms with Gasteiger partial charge in [0.2, 0.25) is 0 Å². The van der Waals surface area contributed by atoms with Crippen molar-refractivity contribution in [2.24, 2.45) is 11.8 Å². The summed E-state index contributed by atoms with van der Waals surface area (Å²) in [6.07, 6.45) is 18.4. The smallest absolute Gasteiger partial charge is 0.313 e. The van der Waals surface area contributed by atoms with E-state index in [1.807, 2.05) is 12.2 Å². The highest BCUT2D eigenvalue weighted by Gasteiger charge is 2.22. The molecule has 0 amide bonds. The molecule has 48 heavy (non-hydrogen) atoms. The highest BCUT2D eigenvalue weighted by molar-refractivity contribution is 5.82. The lowest BCUT2D eigenvalue weighted by molar-refractivity contribution is -0.153. The first-order valence-corrected chi connectivity index (χ1v) is 17.3. The lowest BCUT2D eigenvalue weighted by Crippen LogP contribution is -2.20. The quantitative estimate of drug-likeness (QED) is 0.0426. The number of rotatable bonds is 25. The summed E-state index contributed by atoms with van der Waals surface area (Å²) in [5.41, 5.74) is 0. The van der Waals surface area contributed by atoms with Gasteiger partial charge in [0.1, 0.15) is 0 Å². The monoisotopic (exact) mass is 686 g/mol. The van der Waals surface area contributed by atoms with Gasteiger partial charge in [-0.15, -0.1) is 0 Å². The van der Waals surface area contributed by atoms with Crippen LogP contribution in [0.25, 0.3) is 0 Å². The predicted molar refractivity (Wildman–Crippen MR) is 183 cm³/mol. The van der Waals surface area contributed by atoms with E-state index in [-0.39, 0.29) is 49.6 Å². The Morgan fingerprint density at radius 1 is 0.500 bits per heavy atom. The minimum Gasteiger partial charge on any atom is -0.481 e. The Bertz CT molecular complexity index is 852. The number of hydrogen-bond acceptors (Lipinski definition) is 10. The van der Waals surface area contributed by atoms with Crippen molar-refractivity contribution in [3.63, 3.8) is 0 Å². The zero-order valence-electron chi connectivity index (χ0n) is 30.2. The molecule has 12 nitrogen and oxygen atoms in total. The van der Waals surface area contributed by atoms with Gasteiger partial charge in [0.15, 0.2) is 0 Å². The van der Waals surface area contributed by atoms with Gasteiger partial charge in [0.25, 0.3) is 0 Å². The molecule has 278 valence electrons. The van der Waals surface area contributed by atoms with Gasteiger partial charge < -0.3 is 29.2 Å². The first-order valence-electron chi connectivity index (χ1n) is 17.3. The second-order valence-corrected chi connectivity index (χ2v) is 10.6. The van der Waals surface area contributed by atoms with Crippen LogP contribution in [0.4, 0.5) is 0 Å². The summed E-state index contributed by atoms with van der Waals surface area (Å²) in [6.45, 7) is 12.7. The molecular weight excluding hydrogens is 624 g/mol. The molecule has 0 aliphatic carbocycles. The Morgan fingerprint density at radius 3 is 1.10 bits per heavy atom. The van der Waals surface area contributed by atoms with E-state index in [1.54, 1.807) is 39.8 Å². The van der Waals surface area contributed by atoms with Crippen LogP contribution in [0.3, 0.4) is 0 Å². The number of ether oxygens (including phenoxy) is 4. The summed E-state index contributed by atoms with van der Waals surface area (Å²) in [6, 6.07) is 0. The first-order chi connectivity index (χ1) is 22.9.